The van der Waals surface area contributed by atoms with Crippen LogP contribution in [0, 0.1) is 0 Å². The minimum atomic E-state index is 0. The quantitative estimate of drug-likeness (QED) is 0.521. The van der Waals surface area contributed by atoms with Crippen molar-refractivity contribution in [1.29, 1.82) is 0 Å². The predicted octanol–water partition coefficient (Wildman–Crippen LogP) is 1.80. The minimum Gasteiger partial charge on any atom is -0.0654 e. The van der Waals surface area contributed by atoms with E-state index >= 15 is 0 Å². The van der Waals surface area contributed by atoms with Gasteiger partial charge in [-0.1, -0.05) is 26.7 Å². The summed E-state index contributed by atoms with van der Waals surface area (Å²) in [5, 5.41) is 0. The van der Waals surface area contributed by atoms with E-state index in [0.717, 1.165) is 0 Å². The van der Waals surface area contributed by atoms with Gasteiger partial charge in [-0.3, -0.25) is 0 Å². The molecule has 0 saturated heterocycles. The molecule has 0 aromatic rings. The van der Waals surface area contributed by atoms with Gasteiger partial charge in [0.1, 0.15) is 0 Å². The van der Waals surface area contributed by atoms with Crippen molar-refractivity contribution in [1.82, 2.24) is 0 Å². The third-order valence-corrected chi connectivity index (χ3v) is 0.500. The zero-order valence-corrected chi connectivity index (χ0v) is 5.20. The average Bonchev–Trinajstić information content (AvgIpc) is 1.37. The third-order valence-electron chi connectivity index (χ3n) is 0.500. The Labute approximate surface area is 49.5 Å². The molecule has 1 radical (unpaired) electrons. The molecule has 0 N–H and O–H groups in total. The van der Waals surface area contributed by atoms with Crippen molar-refractivity contribution < 1.29 is 22.4 Å². The average molecular weight is 166 g/mol. The molecule has 0 aliphatic carbocycles. The molecule has 0 aromatic heterocycles. The van der Waals surface area contributed by atoms with Crippen LogP contribution in [0.1, 0.15) is 26.7 Å². The second-order valence-electron chi connectivity index (χ2n) is 1.000. The Kier molecular flexibility index (Phi) is 16.3. The molecule has 0 amide bonds. The molecule has 0 aromatic carbocycles. The van der Waals surface area contributed by atoms with Gasteiger partial charge in [0.2, 0.25) is 0 Å². The number of hydrogen-bond acceptors (Lipinski definition) is 0. The molecule has 0 fully saturated rings. The van der Waals surface area contributed by atoms with Gasteiger partial charge in [0, 0.05) is 22.4 Å². The summed E-state index contributed by atoms with van der Waals surface area (Å²) in [7, 11) is 0. The SMILES string of the molecule is CCCC.[Ag]. The zero-order chi connectivity index (χ0) is 3.41. The maximum Gasteiger partial charge on any atom is 0 e. The van der Waals surface area contributed by atoms with E-state index in [-0.39, 0.29) is 22.4 Å². The Balaban J connectivity index is 0. The van der Waals surface area contributed by atoms with Crippen LogP contribution in [-0.4, -0.2) is 0 Å². The summed E-state index contributed by atoms with van der Waals surface area (Å²) in [4.78, 5) is 0. The van der Waals surface area contributed by atoms with E-state index in [1.165, 1.54) is 12.8 Å². The summed E-state index contributed by atoms with van der Waals surface area (Å²) in [5.41, 5.74) is 0. The number of hydrogen-bond donors (Lipinski definition) is 0. The van der Waals surface area contributed by atoms with Crippen molar-refractivity contribution in [2.75, 3.05) is 0 Å². The Morgan fingerprint density at radius 1 is 1.00 bits per heavy atom. The molecule has 0 aliphatic heterocycles. The Morgan fingerprint density at radius 3 is 1.20 bits per heavy atom. The van der Waals surface area contributed by atoms with Gasteiger partial charge in [0.15, 0.2) is 0 Å². The summed E-state index contributed by atoms with van der Waals surface area (Å²) in [6, 6.07) is 0. The van der Waals surface area contributed by atoms with Gasteiger partial charge in [-0.15, -0.1) is 0 Å². The van der Waals surface area contributed by atoms with Crippen LogP contribution >= 0.6 is 0 Å². The van der Waals surface area contributed by atoms with Gasteiger partial charge < -0.3 is 0 Å². The molecule has 0 spiro atoms. The van der Waals surface area contributed by atoms with Gasteiger partial charge >= 0.3 is 0 Å². The molecule has 37 valence electrons. The van der Waals surface area contributed by atoms with E-state index in [0.29, 0.717) is 0 Å². The van der Waals surface area contributed by atoms with Crippen LogP contribution in [0.3, 0.4) is 0 Å². The van der Waals surface area contributed by atoms with Crippen molar-refractivity contribution in [3.63, 3.8) is 0 Å². The van der Waals surface area contributed by atoms with Gasteiger partial charge in [-0.25, -0.2) is 0 Å². The first-order valence-electron chi connectivity index (χ1n) is 1.91. The zero-order valence-electron chi connectivity index (χ0n) is 3.72. The molecule has 0 heterocycles. The molecule has 1 heteroatoms. The fourth-order valence-electron chi connectivity index (χ4n) is 0. The monoisotopic (exact) mass is 165 g/mol. The first-order chi connectivity index (χ1) is 1.91. The molecular weight excluding hydrogens is 156 g/mol. The van der Waals surface area contributed by atoms with Crippen molar-refractivity contribution in [3.05, 3.63) is 0 Å². The first kappa shape index (κ1) is 9.22. The fraction of sp³-hybridized carbons (Fsp3) is 1.00. The van der Waals surface area contributed by atoms with E-state index in [1.54, 1.807) is 0 Å². The smallest absolute Gasteiger partial charge is 0 e. The molecule has 0 bridgehead atoms. The summed E-state index contributed by atoms with van der Waals surface area (Å²) in [6.45, 7) is 4.36. The minimum absolute atomic E-state index is 0. The van der Waals surface area contributed by atoms with Crippen LogP contribution < -0.4 is 0 Å². The molecule has 5 heavy (non-hydrogen) atoms. The largest absolute Gasteiger partial charge is 0.0654 e. The van der Waals surface area contributed by atoms with E-state index in [1.807, 2.05) is 0 Å². The Morgan fingerprint density at radius 2 is 1.20 bits per heavy atom. The Hall–Kier alpha value is 0.740. The molecule has 0 atom stereocenters. The predicted molar refractivity (Wildman–Crippen MR) is 20.6 cm³/mol. The molecule has 0 nitrogen and oxygen atoms in total. The van der Waals surface area contributed by atoms with Crippen molar-refractivity contribution >= 4 is 0 Å². The fourth-order valence-corrected chi connectivity index (χ4v) is 0. The molecule has 0 aliphatic rings. The second kappa shape index (κ2) is 8.83. The Bertz CT molecular complexity index is 5.61. The summed E-state index contributed by atoms with van der Waals surface area (Å²) < 4.78 is 0. The standard InChI is InChI=1S/C4H10.Ag/c1-3-4-2;/h3-4H2,1-2H3;. The van der Waals surface area contributed by atoms with Crippen molar-refractivity contribution in [2.24, 2.45) is 0 Å². The molecule has 0 saturated carbocycles. The van der Waals surface area contributed by atoms with Crippen LogP contribution in [0.4, 0.5) is 0 Å². The number of unbranched alkanes of at least 4 members (excludes halogenated alkanes) is 1. The van der Waals surface area contributed by atoms with Gasteiger partial charge in [-0.2, -0.15) is 0 Å². The summed E-state index contributed by atoms with van der Waals surface area (Å²) >= 11 is 0. The van der Waals surface area contributed by atoms with Gasteiger partial charge in [-0.05, 0) is 0 Å². The van der Waals surface area contributed by atoms with Crippen molar-refractivity contribution in [2.45, 2.75) is 26.7 Å². The maximum atomic E-state index is 2.18. The van der Waals surface area contributed by atoms with E-state index in [9.17, 15) is 0 Å². The summed E-state index contributed by atoms with van der Waals surface area (Å²) in [5.74, 6) is 0. The second-order valence-corrected chi connectivity index (χ2v) is 1.000. The van der Waals surface area contributed by atoms with E-state index in [2.05, 4.69) is 13.8 Å². The van der Waals surface area contributed by atoms with E-state index in [4.69, 9.17) is 0 Å². The van der Waals surface area contributed by atoms with Crippen LogP contribution in [0.15, 0.2) is 0 Å². The molecule has 0 rings (SSSR count). The van der Waals surface area contributed by atoms with Crippen LogP contribution in [-0.2, 0) is 22.4 Å². The first-order valence-corrected chi connectivity index (χ1v) is 1.91. The van der Waals surface area contributed by atoms with Gasteiger partial charge in [0.25, 0.3) is 0 Å². The molecular formula is C4H10Ag. The van der Waals surface area contributed by atoms with Crippen LogP contribution in [0.25, 0.3) is 0 Å². The normalized spacial score (nSPS) is 6.00. The van der Waals surface area contributed by atoms with Crippen molar-refractivity contribution in [3.8, 4) is 0 Å². The maximum absolute atomic E-state index is 2.18. The summed E-state index contributed by atoms with van der Waals surface area (Å²) in [6.07, 6.45) is 2.64. The number of rotatable bonds is 1. The van der Waals surface area contributed by atoms with E-state index < -0.39 is 0 Å². The topological polar surface area (TPSA) is 0 Å². The van der Waals surface area contributed by atoms with Crippen LogP contribution in [0.5, 0.6) is 0 Å². The van der Waals surface area contributed by atoms with Gasteiger partial charge in [0.05, 0.1) is 0 Å². The van der Waals surface area contributed by atoms with Crippen LogP contribution in [0.2, 0.25) is 0 Å². The molecule has 0 unspecified atom stereocenters. The third kappa shape index (κ3) is 11.8.